The van der Waals surface area contributed by atoms with Crippen molar-refractivity contribution in [3.63, 3.8) is 0 Å². The summed E-state index contributed by atoms with van der Waals surface area (Å²) < 4.78 is 26.8. The Morgan fingerprint density at radius 1 is 1.03 bits per heavy atom. The van der Waals surface area contributed by atoms with Crippen LogP contribution in [-0.4, -0.2) is 68.5 Å². The molecule has 156 valence electrons. The van der Waals surface area contributed by atoms with Crippen molar-refractivity contribution in [1.82, 2.24) is 14.9 Å². The Labute approximate surface area is 168 Å². The Morgan fingerprint density at radius 2 is 1.72 bits per heavy atom. The van der Waals surface area contributed by atoms with E-state index in [1.54, 1.807) is 17.0 Å². The van der Waals surface area contributed by atoms with Crippen LogP contribution in [0.2, 0.25) is 0 Å². The van der Waals surface area contributed by atoms with E-state index in [0.29, 0.717) is 54.2 Å². The number of anilines is 1. The van der Waals surface area contributed by atoms with E-state index in [2.05, 4.69) is 15.3 Å². The van der Waals surface area contributed by atoms with Gasteiger partial charge in [0.05, 0.1) is 53.1 Å². The lowest BCUT2D eigenvalue weighted by Gasteiger charge is -2.19. The summed E-state index contributed by atoms with van der Waals surface area (Å²) in [6, 6.07) is 3.10. The van der Waals surface area contributed by atoms with Crippen molar-refractivity contribution in [3.8, 4) is 29.0 Å². The summed E-state index contributed by atoms with van der Waals surface area (Å²) in [4.78, 5) is 22.5. The highest BCUT2D eigenvalue weighted by molar-refractivity contribution is 5.90. The lowest BCUT2D eigenvalue weighted by atomic mass is 10.2. The van der Waals surface area contributed by atoms with Crippen LogP contribution in [-0.2, 0) is 0 Å². The van der Waals surface area contributed by atoms with Gasteiger partial charge in [0.2, 0.25) is 17.5 Å². The molecule has 1 aromatic heterocycles. The number of hydrogen-bond donors (Lipinski definition) is 1. The molecular formula is C19H24N4O6. The fourth-order valence-electron chi connectivity index (χ4n) is 3.02. The van der Waals surface area contributed by atoms with Gasteiger partial charge >= 0.3 is 6.03 Å². The second-order valence-corrected chi connectivity index (χ2v) is 6.22. The predicted octanol–water partition coefficient (Wildman–Crippen LogP) is 2.20. The zero-order valence-electron chi connectivity index (χ0n) is 16.8. The third-order valence-corrected chi connectivity index (χ3v) is 4.44. The number of ether oxygens (including phenoxy) is 5. The van der Waals surface area contributed by atoms with Gasteiger partial charge in [-0.1, -0.05) is 0 Å². The van der Waals surface area contributed by atoms with Crippen LogP contribution in [0.1, 0.15) is 6.42 Å². The number of carbonyl (C=O) groups is 1. The number of benzene rings is 1. The molecule has 0 saturated carbocycles. The van der Waals surface area contributed by atoms with Crippen LogP contribution >= 0.6 is 0 Å². The molecule has 1 aromatic carbocycles. The smallest absolute Gasteiger partial charge is 0.321 e. The molecule has 2 aromatic rings. The largest absolute Gasteiger partial charge is 0.493 e. The molecule has 0 aliphatic carbocycles. The molecular weight excluding hydrogens is 380 g/mol. The van der Waals surface area contributed by atoms with E-state index in [9.17, 15) is 4.79 Å². The summed E-state index contributed by atoms with van der Waals surface area (Å²) in [7, 11) is 6.08. The van der Waals surface area contributed by atoms with E-state index in [1.165, 1.54) is 40.8 Å². The maximum absolute atomic E-state index is 12.7. The van der Waals surface area contributed by atoms with Gasteiger partial charge in [-0.15, -0.1) is 0 Å². The molecule has 1 aliphatic rings. The topological polar surface area (TPSA) is 104 Å². The van der Waals surface area contributed by atoms with E-state index < -0.39 is 0 Å². The molecule has 1 fully saturated rings. The number of nitrogens with zero attached hydrogens (tertiary/aromatic N) is 3. The highest BCUT2D eigenvalue weighted by Gasteiger charge is 2.28. The predicted molar refractivity (Wildman–Crippen MR) is 104 cm³/mol. The van der Waals surface area contributed by atoms with Gasteiger partial charge in [-0.25, -0.2) is 4.79 Å². The maximum atomic E-state index is 12.7. The molecule has 2 heterocycles. The summed E-state index contributed by atoms with van der Waals surface area (Å²) in [6.45, 7) is 0.980. The Bertz CT molecular complexity index is 837. The highest BCUT2D eigenvalue weighted by Crippen LogP contribution is 2.40. The van der Waals surface area contributed by atoms with E-state index >= 15 is 0 Å². The van der Waals surface area contributed by atoms with Crippen LogP contribution in [0.5, 0.6) is 29.0 Å². The average molecular weight is 404 g/mol. The van der Waals surface area contributed by atoms with Gasteiger partial charge in [0.25, 0.3) is 0 Å². The first-order valence-corrected chi connectivity index (χ1v) is 8.96. The number of carbonyl (C=O) groups excluding carboxylic acids is 1. The molecule has 3 rings (SSSR count). The molecule has 10 heteroatoms. The molecule has 0 spiro atoms. The number of likely N-dealkylation sites (tertiary alicyclic amines) is 1. The van der Waals surface area contributed by atoms with Gasteiger partial charge < -0.3 is 33.9 Å². The zero-order chi connectivity index (χ0) is 20.8. The van der Waals surface area contributed by atoms with E-state index in [4.69, 9.17) is 23.7 Å². The fourth-order valence-corrected chi connectivity index (χ4v) is 3.02. The number of aromatic nitrogens is 2. The SMILES string of the molecule is COc1cncc(OC2CCN(C(=O)Nc3cc(OC)c(OC)c(OC)c3)C2)n1. The number of methoxy groups -OCH3 is 4. The Hall–Kier alpha value is -3.43. The normalized spacial score (nSPS) is 15.6. The van der Waals surface area contributed by atoms with Gasteiger partial charge in [0.1, 0.15) is 6.10 Å². The van der Waals surface area contributed by atoms with Crippen molar-refractivity contribution < 1.29 is 28.5 Å². The first-order valence-electron chi connectivity index (χ1n) is 8.96. The molecule has 1 unspecified atom stereocenters. The lowest BCUT2D eigenvalue weighted by Crippen LogP contribution is -2.34. The van der Waals surface area contributed by atoms with Crippen molar-refractivity contribution in [2.75, 3.05) is 46.8 Å². The minimum atomic E-state index is -0.248. The van der Waals surface area contributed by atoms with Crippen molar-refractivity contribution >= 4 is 11.7 Å². The first-order chi connectivity index (χ1) is 14.1. The average Bonchev–Trinajstić information content (AvgIpc) is 3.21. The van der Waals surface area contributed by atoms with Crippen LogP contribution in [0.15, 0.2) is 24.5 Å². The molecule has 2 amide bonds. The number of hydrogen-bond acceptors (Lipinski definition) is 8. The second kappa shape index (κ2) is 9.18. The van der Waals surface area contributed by atoms with E-state index in [1.807, 2.05) is 0 Å². The van der Waals surface area contributed by atoms with Crippen LogP contribution in [0, 0.1) is 0 Å². The quantitative estimate of drug-likeness (QED) is 0.749. The van der Waals surface area contributed by atoms with Gasteiger partial charge in [-0.05, 0) is 0 Å². The summed E-state index contributed by atoms with van der Waals surface area (Å²) in [6.07, 6.45) is 3.52. The number of nitrogens with one attached hydrogen (secondary N) is 1. The van der Waals surface area contributed by atoms with Crippen molar-refractivity contribution in [1.29, 1.82) is 0 Å². The Kier molecular flexibility index (Phi) is 6.43. The van der Waals surface area contributed by atoms with E-state index in [-0.39, 0.29) is 12.1 Å². The zero-order valence-corrected chi connectivity index (χ0v) is 16.8. The molecule has 10 nitrogen and oxygen atoms in total. The minimum absolute atomic E-state index is 0.179. The van der Waals surface area contributed by atoms with Crippen molar-refractivity contribution in [2.45, 2.75) is 12.5 Å². The van der Waals surface area contributed by atoms with Crippen LogP contribution in [0.3, 0.4) is 0 Å². The third kappa shape index (κ3) is 4.71. The number of urea groups is 1. The van der Waals surface area contributed by atoms with E-state index in [0.717, 1.165) is 0 Å². The Morgan fingerprint density at radius 3 is 2.34 bits per heavy atom. The molecule has 0 radical (unpaired) electrons. The van der Waals surface area contributed by atoms with Crippen molar-refractivity contribution in [3.05, 3.63) is 24.5 Å². The summed E-state index contributed by atoms with van der Waals surface area (Å²) in [5.41, 5.74) is 0.535. The summed E-state index contributed by atoms with van der Waals surface area (Å²) >= 11 is 0. The maximum Gasteiger partial charge on any atom is 0.321 e. The van der Waals surface area contributed by atoms with Gasteiger partial charge in [-0.2, -0.15) is 4.98 Å². The fraction of sp³-hybridized carbons (Fsp3) is 0.421. The highest BCUT2D eigenvalue weighted by atomic mass is 16.5. The number of amides is 2. The van der Waals surface area contributed by atoms with Crippen LogP contribution in [0.25, 0.3) is 0 Å². The summed E-state index contributed by atoms with van der Waals surface area (Å²) in [5, 5.41) is 2.86. The van der Waals surface area contributed by atoms with Gasteiger partial charge in [0, 0.05) is 25.1 Å². The monoisotopic (exact) mass is 404 g/mol. The third-order valence-electron chi connectivity index (χ3n) is 4.44. The minimum Gasteiger partial charge on any atom is -0.493 e. The molecule has 1 saturated heterocycles. The first kappa shape index (κ1) is 20.3. The number of rotatable bonds is 7. The second-order valence-electron chi connectivity index (χ2n) is 6.22. The van der Waals surface area contributed by atoms with Gasteiger partial charge in [-0.3, -0.25) is 4.98 Å². The Balaban J connectivity index is 1.63. The molecule has 1 N–H and O–H groups in total. The molecule has 0 bridgehead atoms. The summed E-state index contributed by atoms with van der Waals surface area (Å²) in [5.74, 6) is 2.11. The standard InChI is InChI=1S/C19H24N4O6/c1-25-14-7-12(8-15(26-2)18(14)28-4)21-19(24)23-6-5-13(11-23)29-17-10-20-9-16(22-17)27-3/h7-10,13H,5-6,11H2,1-4H3,(H,21,24). The van der Waals surface area contributed by atoms with Crippen LogP contribution < -0.4 is 29.0 Å². The van der Waals surface area contributed by atoms with Crippen LogP contribution in [0.4, 0.5) is 10.5 Å². The van der Waals surface area contributed by atoms with Crippen molar-refractivity contribution in [2.24, 2.45) is 0 Å². The lowest BCUT2D eigenvalue weighted by molar-refractivity contribution is 0.188. The molecule has 29 heavy (non-hydrogen) atoms. The molecule has 1 aliphatic heterocycles. The molecule has 1 atom stereocenters. The van der Waals surface area contributed by atoms with Gasteiger partial charge in [0.15, 0.2) is 11.5 Å².